The minimum absolute atomic E-state index is 0. The maximum Gasteiger partial charge on any atom is 0.191 e. The van der Waals surface area contributed by atoms with Crippen LogP contribution in [0, 0.1) is 5.82 Å². The lowest BCUT2D eigenvalue weighted by Crippen LogP contribution is -2.44. The second kappa shape index (κ2) is 11.6. The second-order valence-corrected chi connectivity index (χ2v) is 8.12. The standard InChI is InChI=1S/C20H29FN6S.HI/c1-4-22-20(24-10-7-16-13-28-19(25-16)14(2)3)26-15-8-11-27(12-15)18-17(21)6-5-9-23-18;/h5-6,9,13-15H,4,7-8,10-12H2,1-3H3,(H2,22,24,26);1H. The maximum atomic E-state index is 14.0. The van der Waals surface area contributed by atoms with Crippen LogP contribution in [0.4, 0.5) is 10.2 Å². The summed E-state index contributed by atoms with van der Waals surface area (Å²) in [4.78, 5) is 15.5. The average Bonchev–Trinajstić information content (AvgIpc) is 3.32. The SMILES string of the molecule is CCNC(=NCCc1csc(C(C)C)n1)NC1CCN(c2ncccc2F)C1.I. The van der Waals surface area contributed by atoms with Crippen LogP contribution < -0.4 is 15.5 Å². The van der Waals surface area contributed by atoms with Crippen LogP contribution in [-0.4, -0.2) is 48.1 Å². The number of guanidine groups is 1. The van der Waals surface area contributed by atoms with Crippen LogP contribution in [0.25, 0.3) is 0 Å². The van der Waals surface area contributed by atoms with Gasteiger partial charge in [-0.25, -0.2) is 14.4 Å². The molecule has 0 aromatic carbocycles. The lowest BCUT2D eigenvalue weighted by atomic mass is 10.2. The van der Waals surface area contributed by atoms with Crippen molar-refractivity contribution in [2.24, 2.45) is 4.99 Å². The van der Waals surface area contributed by atoms with Crippen molar-refractivity contribution in [2.45, 2.75) is 45.6 Å². The Bertz CT molecular complexity index is 797. The molecule has 1 atom stereocenters. The van der Waals surface area contributed by atoms with Crippen LogP contribution >= 0.6 is 35.3 Å². The zero-order chi connectivity index (χ0) is 19.9. The predicted octanol–water partition coefficient (Wildman–Crippen LogP) is 3.80. The minimum atomic E-state index is -0.271. The number of halogens is 2. The number of hydrogen-bond donors (Lipinski definition) is 2. The van der Waals surface area contributed by atoms with E-state index in [0.717, 1.165) is 37.6 Å². The Morgan fingerprint density at radius 1 is 1.45 bits per heavy atom. The largest absolute Gasteiger partial charge is 0.357 e. The van der Waals surface area contributed by atoms with Crippen LogP contribution in [0.15, 0.2) is 28.7 Å². The molecule has 1 unspecified atom stereocenters. The Labute approximate surface area is 193 Å². The molecular weight excluding hydrogens is 502 g/mol. The highest BCUT2D eigenvalue weighted by Gasteiger charge is 2.25. The van der Waals surface area contributed by atoms with E-state index in [4.69, 9.17) is 4.99 Å². The quantitative estimate of drug-likeness (QED) is 0.323. The number of aliphatic imine (C=N–C) groups is 1. The van der Waals surface area contributed by atoms with Gasteiger partial charge in [-0.05, 0) is 25.5 Å². The summed E-state index contributed by atoms with van der Waals surface area (Å²) in [5.74, 6) is 1.43. The predicted molar refractivity (Wildman–Crippen MR) is 129 cm³/mol. The highest BCUT2D eigenvalue weighted by atomic mass is 127. The molecule has 0 saturated carbocycles. The Balaban J connectivity index is 0.00000300. The summed E-state index contributed by atoms with van der Waals surface area (Å²) in [6, 6.07) is 3.29. The molecular formula is C20H30FIN6S. The molecule has 0 radical (unpaired) electrons. The molecule has 0 spiro atoms. The van der Waals surface area contributed by atoms with Gasteiger partial charge in [-0.1, -0.05) is 13.8 Å². The molecule has 2 aromatic heterocycles. The van der Waals surface area contributed by atoms with E-state index in [1.54, 1.807) is 23.6 Å². The van der Waals surface area contributed by atoms with E-state index in [-0.39, 0.29) is 35.8 Å². The minimum Gasteiger partial charge on any atom is -0.357 e. The smallest absolute Gasteiger partial charge is 0.191 e. The van der Waals surface area contributed by atoms with Gasteiger partial charge in [-0.2, -0.15) is 0 Å². The summed E-state index contributed by atoms with van der Waals surface area (Å²) in [6.45, 7) is 9.35. The third-order valence-electron chi connectivity index (χ3n) is 4.61. The van der Waals surface area contributed by atoms with Crippen LogP contribution in [0.1, 0.15) is 43.8 Å². The summed E-state index contributed by atoms with van der Waals surface area (Å²) in [6.07, 6.45) is 3.38. The first-order valence-electron chi connectivity index (χ1n) is 9.91. The molecule has 0 bridgehead atoms. The Morgan fingerprint density at radius 3 is 2.97 bits per heavy atom. The van der Waals surface area contributed by atoms with Crippen molar-refractivity contribution >= 4 is 47.1 Å². The molecule has 2 aromatic rings. The van der Waals surface area contributed by atoms with E-state index in [9.17, 15) is 4.39 Å². The Morgan fingerprint density at radius 2 is 2.28 bits per heavy atom. The molecule has 29 heavy (non-hydrogen) atoms. The van der Waals surface area contributed by atoms with Gasteiger partial charge in [0.15, 0.2) is 17.6 Å². The van der Waals surface area contributed by atoms with Crippen LogP contribution in [0.3, 0.4) is 0 Å². The number of hydrogen-bond acceptors (Lipinski definition) is 5. The molecule has 1 fully saturated rings. The first kappa shape index (κ1) is 23.8. The van der Waals surface area contributed by atoms with Gasteiger partial charge in [0.25, 0.3) is 0 Å². The average molecular weight is 532 g/mol. The lowest BCUT2D eigenvalue weighted by molar-refractivity contribution is 0.612. The van der Waals surface area contributed by atoms with Crippen molar-refractivity contribution in [2.75, 3.05) is 31.1 Å². The summed E-state index contributed by atoms with van der Waals surface area (Å²) < 4.78 is 14.0. The molecule has 0 amide bonds. The fourth-order valence-electron chi connectivity index (χ4n) is 3.18. The molecule has 9 heteroatoms. The normalized spacial score (nSPS) is 16.8. The van der Waals surface area contributed by atoms with Crippen molar-refractivity contribution in [3.63, 3.8) is 0 Å². The van der Waals surface area contributed by atoms with E-state index in [1.165, 1.54) is 11.1 Å². The summed E-state index contributed by atoms with van der Waals surface area (Å²) in [5.41, 5.74) is 1.10. The fraction of sp³-hybridized carbons (Fsp3) is 0.550. The number of anilines is 1. The zero-order valence-corrected chi connectivity index (χ0v) is 20.3. The van der Waals surface area contributed by atoms with Gasteiger partial charge in [0.1, 0.15) is 0 Å². The first-order valence-corrected chi connectivity index (χ1v) is 10.8. The van der Waals surface area contributed by atoms with E-state index >= 15 is 0 Å². The lowest BCUT2D eigenvalue weighted by Gasteiger charge is -2.19. The van der Waals surface area contributed by atoms with Gasteiger partial charge in [0.05, 0.1) is 10.7 Å². The van der Waals surface area contributed by atoms with Crippen molar-refractivity contribution in [1.82, 2.24) is 20.6 Å². The monoisotopic (exact) mass is 532 g/mol. The van der Waals surface area contributed by atoms with Crippen molar-refractivity contribution < 1.29 is 4.39 Å². The fourth-order valence-corrected chi connectivity index (χ4v) is 4.05. The number of rotatable bonds is 7. The molecule has 1 aliphatic rings. The Hall–Kier alpha value is -1.49. The van der Waals surface area contributed by atoms with Gasteiger partial charge in [-0.15, -0.1) is 35.3 Å². The van der Waals surface area contributed by atoms with E-state index in [2.05, 4.69) is 46.8 Å². The highest BCUT2D eigenvalue weighted by Crippen LogP contribution is 2.21. The number of aromatic nitrogens is 2. The number of nitrogens with one attached hydrogen (secondary N) is 2. The second-order valence-electron chi connectivity index (χ2n) is 7.23. The molecule has 2 N–H and O–H groups in total. The summed E-state index contributed by atoms with van der Waals surface area (Å²) in [7, 11) is 0. The number of nitrogens with zero attached hydrogens (tertiary/aromatic N) is 4. The maximum absolute atomic E-state index is 14.0. The topological polar surface area (TPSA) is 65.4 Å². The summed E-state index contributed by atoms with van der Waals surface area (Å²) >= 11 is 1.72. The van der Waals surface area contributed by atoms with Gasteiger partial charge in [-0.3, -0.25) is 4.99 Å². The number of pyridine rings is 1. The van der Waals surface area contributed by atoms with Crippen LogP contribution in [-0.2, 0) is 6.42 Å². The molecule has 1 saturated heterocycles. The van der Waals surface area contributed by atoms with E-state index in [1.807, 2.05) is 4.90 Å². The van der Waals surface area contributed by atoms with Crippen molar-refractivity contribution in [1.29, 1.82) is 0 Å². The number of thiazole rings is 1. The molecule has 6 nitrogen and oxygen atoms in total. The van der Waals surface area contributed by atoms with Crippen LogP contribution in [0.5, 0.6) is 0 Å². The molecule has 0 aliphatic carbocycles. The third kappa shape index (κ3) is 6.77. The highest BCUT2D eigenvalue weighted by molar-refractivity contribution is 14.0. The van der Waals surface area contributed by atoms with Gasteiger partial charge in [0, 0.05) is 56.1 Å². The van der Waals surface area contributed by atoms with Crippen molar-refractivity contribution in [3.05, 3.63) is 40.2 Å². The molecule has 1 aliphatic heterocycles. The van der Waals surface area contributed by atoms with Gasteiger partial charge >= 0.3 is 0 Å². The van der Waals surface area contributed by atoms with E-state index < -0.39 is 0 Å². The van der Waals surface area contributed by atoms with Gasteiger partial charge < -0.3 is 15.5 Å². The first-order chi connectivity index (χ1) is 13.6. The van der Waals surface area contributed by atoms with E-state index in [0.29, 0.717) is 24.8 Å². The van der Waals surface area contributed by atoms with Gasteiger partial charge in [0.2, 0.25) is 0 Å². The molecule has 3 rings (SSSR count). The third-order valence-corrected chi connectivity index (χ3v) is 5.81. The van der Waals surface area contributed by atoms with Crippen molar-refractivity contribution in [3.8, 4) is 0 Å². The molecule has 3 heterocycles. The molecule has 160 valence electrons. The zero-order valence-electron chi connectivity index (χ0n) is 17.2. The summed E-state index contributed by atoms with van der Waals surface area (Å²) in [5, 5.41) is 10.1. The Kier molecular flexibility index (Phi) is 9.54. The van der Waals surface area contributed by atoms with Crippen LogP contribution in [0.2, 0.25) is 0 Å².